The lowest BCUT2D eigenvalue weighted by atomic mass is 10.1. The molecule has 28 heavy (non-hydrogen) atoms. The highest BCUT2D eigenvalue weighted by Gasteiger charge is 2.20. The average Bonchev–Trinajstić information content (AvgIpc) is 3.19. The normalized spacial score (nSPS) is 14.9. The molecule has 0 spiro atoms. The van der Waals surface area contributed by atoms with Crippen LogP contribution in [0.25, 0.3) is 0 Å². The largest absolute Gasteiger partial charge is 0.481 e. The number of anilines is 2. The molecule has 0 saturated carbocycles. The van der Waals surface area contributed by atoms with E-state index in [9.17, 15) is 9.90 Å². The Hall–Kier alpha value is -2.71. The van der Waals surface area contributed by atoms with Crippen LogP contribution < -0.4 is 10.2 Å². The van der Waals surface area contributed by atoms with Crippen LogP contribution in [0.4, 0.5) is 11.5 Å². The first-order chi connectivity index (χ1) is 13.5. The maximum atomic E-state index is 11.2. The van der Waals surface area contributed by atoms with Crippen molar-refractivity contribution in [3.63, 3.8) is 0 Å². The number of nitrogens with zero attached hydrogens (tertiary/aromatic N) is 3. The third-order valence-corrected chi connectivity index (χ3v) is 4.61. The van der Waals surface area contributed by atoms with Gasteiger partial charge in [0.15, 0.2) is 0 Å². The van der Waals surface area contributed by atoms with E-state index in [-0.39, 0.29) is 13.0 Å². The fraction of sp³-hybridized carbons (Fsp3) is 0.450. The van der Waals surface area contributed by atoms with Crippen LogP contribution in [0.2, 0.25) is 0 Å². The van der Waals surface area contributed by atoms with Gasteiger partial charge in [0.25, 0.3) is 0 Å². The number of carboxylic acids is 1. The molecular weight excluding hydrogens is 360 g/mol. The van der Waals surface area contributed by atoms with E-state index >= 15 is 0 Å². The van der Waals surface area contributed by atoms with Crippen LogP contribution in [0.1, 0.15) is 29.8 Å². The maximum absolute atomic E-state index is 11.2. The maximum Gasteiger partial charge on any atom is 0.308 e. The molecule has 0 aliphatic carbocycles. The van der Waals surface area contributed by atoms with Crippen molar-refractivity contribution >= 4 is 17.5 Å². The van der Waals surface area contributed by atoms with Gasteiger partial charge in [-0.05, 0) is 30.5 Å². The van der Waals surface area contributed by atoms with E-state index < -0.39 is 12.2 Å². The summed E-state index contributed by atoms with van der Waals surface area (Å²) in [5.41, 5.74) is 2.48. The van der Waals surface area contributed by atoms with E-state index in [1.54, 1.807) is 6.20 Å². The van der Waals surface area contributed by atoms with Crippen molar-refractivity contribution in [2.24, 2.45) is 0 Å². The van der Waals surface area contributed by atoms with Gasteiger partial charge in [-0.25, -0.2) is 9.97 Å². The minimum absolute atomic E-state index is 0.0731. The summed E-state index contributed by atoms with van der Waals surface area (Å²) in [6, 6.07) is 7.67. The number of rotatable bonds is 9. The van der Waals surface area contributed by atoms with Crippen LogP contribution in [0.5, 0.6) is 0 Å². The second kappa shape index (κ2) is 9.48. The van der Waals surface area contributed by atoms with Gasteiger partial charge in [0, 0.05) is 44.1 Å². The highest BCUT2D eigenvalue weighted by Crippen LogP contribution is 2.23. The van der Waals surface area contributed by atoms with E-state index in [0.29, 0.717) is 17.8 Å². The van der Waals surface area contributed by atoms with Crippen molar-refractivity contribution in [3.05, 3.63) is 47.4 Å². The molecule has 0 amide bonds. The number of hydrogen-bond donors (Lipinski definition) is 3. The van der Waals surface area contributed by atoms with Crippen molar-refractivity contribution in [1.82, 2.24) is 9.97 Å². The molecule has 1 unspecified atom stereocenters. The lowest BCUT2D eigenvalue weighted by Crippen LogP contribution is -2.23. The number of aromatic nitrogens is 2. The molecule has 2 aromatic rings. The zero-order chi connectivity index (χ0) is 19.9. The summed E-state index contributed by atoms with van der Waals surface area (Å²) in [5.74, 6) is 0.526. The molecule has 0 radical (unpaired) electrons. The monoisotopic (exact) mass is 386 g/mol. The van der Waals surface area contributed by atoms with Crippen LogP contribution >= 0.6 is 0 Å². The molecule has 3 rings (SSSR count). The minimum atomic E-state index is -0.879. The number of benzene rings is 1. The zero-order valence-electron chi connectivity index (χ0n) is 16.0. The van der Waals surface area contributed by atoms with Crippen LogP contribution in [-0.4, -0.2) is 59.2 Å². The van der Waals surface area contributed by atoms with Gasteiger partial charge in [-0.1, -0.05) is 12.1 Å². The minimum Gasteiger partial charge on any atom is -0.481 e. The molecule has 1 aromatic heterocycles. The quantitative estimate of drug-likeness (QED) is 0.559. The number of hydrogen-bond acceptors (Lipinski definition) is 7. The van der Waals surface area contributed by atoms with Gasteiger partial charge in [-0.3, -0.25) is 4.79 Å². The number of aliphatic hydroxyl groups is 1. The van der Waals surface area contributed by atoms with Crippen LogP contribution in [-0.2, 0) is 22.4 Å². The Bertz CT molecular complexity index is 791. The van der Waals surface area contributed by atoms with Gasteiger partial charge in [0.05, 0.1) is 13.0 Å². The Morgan fingerprint density at radius 2 is 2.00 bits per heavy atom. The predicted molar refractivity (Wildman–Crippen MR) is 106 cm³/mol. The summed E-state index contributed by atoms with van der Waals surface area (Å²) in [6.45, 7) is 2.00. The highest BCUT2D eigenvalue weighted by molar-refractivity contribution is 5.72. The first-order valence-corrected chi connectivity index (χ1v) is 9.39. The summed E-state index contributed by atoms with van der Waals surface area (Å²) in [7, 11) is 1.53. The SMILES string of the molecule is COCC(O)Nc1ccc(Cc2ncc(CC(=O)O)c(N3CCCC3)n2)cc1. The summed E-state index contributed by atoms with van der Waals surface area (Å²) in [4.78, 5) is 22.4. The molecule has 2 heterocycles. The third-order valence-electron chi connectivity index (χ3n) is 4.61. The first-order valence-electron chi connectivity index (χ1n) is 9.39. The molecule has 0 bridgehead atoms. The zero-order valence-corrected chi connectivity index (χ0v) is 16.0. The Morgan fingerprint density at radius 3 is 2.64 bits per heavy atom. The summed E-state index contributed by atoms with van der Waals surface area (Å²) >= 11 is 0. The molecule has 8 nitrogen and oxygen atoms in total. The molecule has 1 atom stereocenters. The number of nitrogens with one attached hydrogen (secondary N) is 1. The molecule has 1 saturated heterocycles. The molecule has 1 aromatic carbocycles. The fourth-order valence-electron chi connectivity index (χ4n) is 3.30. The standard InChI is InChI=1S/C20H26N4O4/c1-28-13-18(25)22-16-6-4-14(5-7-16)10-17-21-12-15(11-19(26)27)20(23-17)24-8-2-3-9-24/h4-7,12,18,22,25H,2-3,8-11,13H2,1H3,(H,26,27). The summed E-state index contributed by atoms with van der Waals surface area (Å²) in [5, 5.41) is 21.8. The van der Waals surface area contributed by atoms with Crippen LogP contribution in [0, 0.1) is 0 Å². The Kier molecular flexibility index (Phi) is 6.78. The number of carbonyl (C=O) groups is 1. The van der Waals surface area contributed by atoms with Crippen molar-refractivity contribution < 1.29 is 19.7 Å². The van der Waals surface area contributed by atoms with E-state index in [0.717, 1.165) is 43.0 Å². The average molecular weight is 386 g/mol. The van der Waals surface area contributed by atoms with Crippen LogP contribution in [0.15, 0.2) is 30.5 Å². The van der Waals surface area contributed by atoms with Crippen molar-refractivity contribution in [1.29, 1.82) is 0 Å². The molecule has 8 heteroatoms. The number of carboxylic acid groups (broad SMARTS) is 1. The Labute approximate surface area is 164 Å². The van der Waals surface area contributed by atoms with Crippen molar-refractivity contribution in [2.45, 2.75) is 31.9 Å². The Balaban J connectivity index is 1.72. The van der Waals surface area contributed by atoms with Gasteiger partial charge in [-0.15, -0.1) is 0 Å². The molecule has 1 fully saturated rings. The molecular formula is C20H26N4O4. The molecule has 1 aliphatic rings. The van der Waals surface area contributed by atoms with Gasteiger partial charge in [-0.2, -0.15) is 0 Å². The van der Waals surface area contributed by atoms with E-state index in [1.807, 2.05) is 24.3 Å². The lowest BCUT2D eigenvalue weighted by Gasteiger charge is -2.20. The first kappa shape index (κ1) is 20.0. The molecule has 1 aliphatic heterocycles. The number of aliphatic carboxylic acids is 1. The summed E-state index contributed by atoms with van der Waals surface area (Å²) in [6.07, 6.45) is 3.54. The number of aliphatic hydroxyl groups excluding tert-OH is 1. The third kappa shape index (κ3) is 5.40. The lowest BCUT2D eigenvalue weighted by molar-refractivity contribution is -0.136. The second-order valence-corrected chi connectivity index (χ2v) is 6.89. The van der Waals surface area contributed by atoms with Gasteiger partial charge in [0.1, 0.15) is 17.9 Å². The van der Waals surface area contributed by atoms with E-state index in [4.69, 9.17) is 9.84 Å². The highest BCUT2D eigenvalue weighted by atomic mass is 16.5. The topological polar surface area (TPSA) is 108 Å². The molecule has 3 N–H and O–H groups in total. The van der Waals surface area contributed by atoms with E-state index in [1.165, 1.54) is 7.11 Å². The fourth-order valence-corrected chi connectivity index (χ4v) is 3.30. The second-order valence-electron chi connectivity index (χ2n) is 6.89. The Morgan fingerprint density at radius 1 is 1.29 bits per heavy atom. The molecule has 150 valence electrons. The smallest absolute Gasteiger partial charge is 0.308 e. The van der Waals surface area contributed by atoms with Gasteiger partial charge >= 0.3 is 5.97 Å². The van der Waals surface area contributed by atoms with Gasteiger partial charge in [0.2, 0.25) is 0 Å². The van der Waals surface area contributed by atoms with Gasteiger partial charge < -0.3 is 25.2 Å². The van der Waals surface area contributed by atoms with Crippen molar-refractivity contribution in [3.8, 4) is 0 Å². The number of methoxy groups -OCH3 is 1. The summed E-state index contributed by atoms with van der Waals surface area (Å²) < 4.78 is 4.90. The number of ether oxygens (including phenoxy) is 1. The van der Waals surface area contributed by atoms with Crippen LogP contribution in [0.3, 0.4) is 0 Å². The predicted octanol–water partition coefficient (Wildman–Crippen LogP) is 1.67. The van der Waals surface area contributed by atoms with Crippen molar-refractivity contribution in [2.75, 3.05) is 37.0 Å². The van der Waals surface area contributed by atoms with E-state index in [2.05, 4.69) is 20.2 Å².